The minimum absolute atomic E-state index is 0.0647. The number of piperidine rings is 1. The molecule has 114 valence electrons. The fourth-order valence-corrected chi connectivity index (χ4v) is 2.78. The largest absolute Gasteiger partial charge is 0.481 e. The van der Waals surface area contributed by atoms with Gasteiger partial charge in [0.2, 0.25) is 5.91 Å². The number of halogens is 1. The third-order valence-electron chi connectivity index (χ3n) is 3.89. The second-order valence-electron chi connectivity index (χ2n) is 5.50. The van der Waals surface area contributed by atoms with E-state index in [2.05, 4.69) is 0 Å². The van der Waals surface area contributed by atoms with Crippen LogP contribution in [0.15, 0.2) is 24.3 Å². The molecule has 0 bridgehead atoms. The van der Waals surface area contributed by atoms with Crippen LogP contribution < -0.4 is 0 Å². The normalized spacial score (nSPS) is 18.5. The Bertz CT molecular complexity index is 501. The Hall–Kier alpha value is -1.55. The lowest BCUT2D eigenvalue weighted by molar-refractivity contribution is -0.145. The van der Waals surface area contributed by atoms with Gasteiger partial charge in [0.15, 0.2) is 0 Å². The van der Waals surface area contributed by atoms with Gasteiger partial charge in [-0.15, -0.1) is 0 Å². The van der Waals surface area contributed by atoms with Crippen LogP contribution in [0.5, 0.6) is 0 Å². The van der Waals surface area contributed by atoms with Gasteiger partial charge < -0.3 is 10.0 Å². The van der Waals surface area contributed by atoms with Gasteiger partial charge >= 0.3 is 5.97 Å². The van der Waals surface area contributed by atoms with E-state index in [-0.39, 0.29) is 5.91 Å². The summed E-state index contributed by atoms with van der Waals surface area (Å²) in [6, 6.07) is 7.63. The maximum atomic E-state index is 12.1. The van der Waals surface area contributed by atoms with Crippen molar-refractivity contribution in [1.29, 1.82) is 0 Å². The topological polar surface area (TPSA) is 57.6 Å². The van der Waals surface area contributed by atoms with Gasteiger partial charge in [0.25, 0.3) is 0 Å². The van der Waals surface area contributed by atoms with Crippen molar-refractivity contribution < 1.29 is 14.7 Å². The van der Waals surface area contributed by atoms with Crippen LogP contribution in [0, 0.1) is 5.92 Å². The fourth-order valence-electron chi connectivity index (χ4n) is 2.66. The molecule has 1 atom stereocenters. The standard InChI is InChI=1S/C16H20ClNO3/c17-14-8-6-12(7-9-14)3-1-5-15(19)18-10-2-4-13(11-18)16(20)21/h6-9,13H,1-5,10-11H2,(H,20,21)/t13-/m1/s1. The van der Waals surface area contributed by atoms with Gasteiger partial charge in [-0.2, -0.15) is 0 Å². The SMILES string of the molecule is O=C(O)[C@@H]1CCCN(C(=O)CCCc2ccc(Cl)cc2)C1. The third kappa shape index (κ3) is 4.74. The molecule has 1 N–H and O–H groups in total. The Morgan fingerprint density at radius 1 is 1.29 bits per heavy atom. The van der Waals surface area contributed by atoms with E-state index < -0.39 is 11.9 Å². The second-order valence-corrected chi connectivity index (χ2v) is 5.93. The smallest absolute Gasteiger partial charge is 0.308 e. The summed E-state index contributed by atoms with van der Waals surface area (Å²) >= 11 is 5.83. The van der Waals surface area contributed by atoms with Gasteiger partial charge in [-0.3, -0.25) is 9.59 Å². The molecule has 21 heavy (non-hydrogen) atoms. The average Bonchev–Trinajstić information content (AvgIpc) is 2.49. The van der Waals surface area contributed by atoms with Crippen LogP contribution in [0.4, 0.5) is 0 Å². The third-order valence-corrected chi connectivity index (χ3v) is 4.14. The van der Waals surface area contributed by atoms with E-state index in [4.69, 9.17) is 16.7 Å². The van der Waals surface area contributed by atoms with Gasteiger partial charge in [-0.05, 0) is 43.4 Å². The lowest BCUT2D eigenvalue weighted by atomic mass is 9.98. The molecule has 0 saturated carbocycles. The van der Waals surface area contributed by atoms with Crippen LogP contribution in [-0.2, 0) is 16.0 Å². The summed E-state index contributed by atoms with van der Waals surface area (Å²) < 4.78 is 0. The minimum Gasteiger partial charge on any atom is -0.481 e. The summed E-state index contributed by atoms with van der Waals surface area (Å²) in [5, 5.41) is 9.75. The number of benzene rings is 1. The zero-order valence-corrected chi connectivity index (χ0v) is 12.7. The quantitative estimate of drug-likeness (QED) is 0.909. The van der Waals surface area contributed by atoms with Crippen molar-refractivity contribution in [3.8, 4) is 0 Å². The highest BCUT2D eigenvalue weighted by molar-refractivity contribution is 6.30. The van der Waals surface area contributed by atoms with Gasteiger partial charge in [0.05, 0.1) is 5.92 Å². The number of aliphatic carboxylic acids is 1. The molecule has 1 aliphatic heterocycles. The summed E-state index contributed by atoms with van der Waals surface area (Å²) in [6.07, 6.45) is 3.52. The predicted molar refractivity (Wildman–Crippen MR) is 81.3 cm³/mol. The lowest BCUT2D eigenvalue weighted by Crippen LogP contribution is -2.42. The van der Waals surface area contributed by atoms with E-state index in [0.29, 0.717) is 31.0 Å². The number of hydrogen-bond donors (Lipinski definition) is 1. The number of aryl methyl sites for hydroxylation is 1. The van der Waals surface area contributed by atoms with Crippen LogP contribution in [0.1, 0.15) is 31.2 Å². The molecule has 0 radical (unpaired) electrons. The van der Waals surface area contributed by atoms with E-state index in [1.165, 1.54) is 0 Å². The van der Waals surface area contributed by atoms with E-state index in [1.807, 2.05) is 24.3 Å². The van der Waals surface area contributed by atoms with Crippen LogP contribution >= 0.6 is 11.6 Å². The molecule has 1 aliphatic rings. The minimum atomic E-state index is -0.798. The van der Waals surface area contributed by atoms with Crippen LogP contribution in [-0.4, -0.2) is 35.0 Å². The Labute approximate surface area is 129 Å². The number of hydrogen-bond acceptors (Lipinski definition) is 2. The molecule has 1 saturated heterocycles. The first-order valence-corrected chi connectivity index (χ1v) is 7.69. The first-order valence-electron chi connectivity index (χ1n) is 7.31. The molecule has 4 nitrogen and oxygen atoms in total. The first-order chi connectivity index (χ1) is 10.1. The summed E-state index contributed by atoms with van der Waals surface area (Å²) in [7, 11) is 0. The van der Waals surface area contributed by atoms with Gasteiger partial charge in [-0.25, -0.2) is 0 Å². The zero-order valence-electron chi connectivity index (χ0n) is 11.9. The molecule has 1 amide bonds. The molecule has 5 heteroatoms. The number of carboxylic acid groups (broad SMARTS) is 1. The molecule has 2 rings (SSSR count). The first kappa shape index (κ1) is 15.8. The molecular formula is C16H20ClNO3. The number of carbonyl (C=O) groups is 2. The summed E-state index contributed by atoms with van der Waals surface area (Å²) in [5.74, 6) is -1.14. The van der Waals surface area contributed by atoms with E-state index in [1.54, 1.807) is 4.90 Å². The highest BCUT2D eigenvalue weighted by Gasteiger charge is 2.27. The monoisotopic (exact) mass is 309 g/mol. The number of rotatable bonds is 5. The maximum absolute atomic E-state index is 12.1. The van der Waals surface area contributed by atoms with Crippen molar-refractivity contribution in [2.45, 2.75) is 32.1 Å². The van der Waals surface area contributed by atoms with Gasteiger partial charge in [0.1, 0.15) is 0 Å². The number of carbonyl (C=O) groups excluding carboxylic acids is 1. The molecule has 0 unspecified atom stereocenters. The maximum Gasteiger partial charge on any atom is 0.308 e. The number of nitrogens with zero attached hydrogens (tertiary/aromatic N) is 1. The fraction of sp³-hybridized carbons (Fsp3) is 0.500. The molecular weight excluding hydrogens is 290 g/mol. The molecule has 1 aromatic carbocycles. The number of carboxylic acids is 1. The number of likely N-dealkylation sites (tertiary alicyclic amines) is 1. The van der Waals surface area contributed by atoms with Gasteiger partial charge in [-0.1, -0.05) is 23.7 Å². The van der Waals surface area contributed by atoms with Crippen molar-refractivity contribution in [3.05, 3.63) is 34.9 Å². The van der Waals surface area contributed by atoms with Crippen molar-refractivity contribution in [2.75, 3.05) is 13.1 Å². The Balaban J connectivity index is 1.76. The van der Waals surface area contributed by atoms with Crippen LogP contribution in [0.25, 0.3) is 0 Å². The Morgan fingerprint density at radius 2 is 2.00 bits per heavy atom. The van der Waals surface area contributed by atoms with E-state index in [9.17, 15) is 9.59 Å². The van der Waals surface area contributed by atoms with Gasteiger partial charge in [0, 0.05) is 24.5 Å². The van der Waals surface area contributed by atoms with E-state index in [0.717, 1.165) is 24.8 Å². The summed E-state index contributed by atoms with van der Waals surface area (Å²) in [6.45, 7) is 1.04. The molecule has 1 heterocycles. The highest BCUT2D eigenvalue weighted by atomic mass is 35.5. The highest BCUT2D eigenvalue weighted by Crippen LogP contribution is 2.18. The van der Waals surface area contributed by atoms with Crippen molar-refractivity contribution in [1.82, 2.24) is 4.90 Å². The zero-order chi connectivity index (χ0) is 15.2. The average molecular weight is 310 g/mol. The molecule has 0 aromatic heterocycles. The second kappa shape index (κ2) is 7.46. The van der Waals surface area contributed by atoms with Crippen LogP contribution in [0.3, 0.4) is 0 Å². The molecule has 1 aromatic rings. The predicted octanol–water partition coefficient (Wildman–Crippen LogP) is 2.99. The molecule has 1 fully saturated rings. The molecule has 0 spiro atoms. The van der Waals surface area contributed by atoms with E-state index >= 15 is 0 Å². The van der Waals surface area contributed by atoms with Crippen molar-refractivity contribution >= 4 is 23.5 Å². The summed E-state index contributed by atoms with van der Waals surface area (Å²) in [4.78, 5) is 24.8. The lowest BCUT2D eigenvalue weighted by Gasteiger charge is -2.30. The Morgan fingerprint density at radius 3 is 2.67 bits per heavy atom. The van der Waals surface area contributed by atoms with Crippen LogP contribution in [0.2, 0.25) is 5.02 Å². The molecule has 0 aliphatic carbocycles. The van der Waals surface area contributed by atoms with Crippen molar-refractivity contribution in [3.63, 3.8) is 0 Å². The number of amides is 1. The van der Waals surface area contributed by atoms with Crippen molar-refractivity contribution in [2.24, 2.45) is 5.92 Å². The summed E-state index contributed by atoms with van der Waals surface area (Å²) in [5.41, 5.74) is 1.16. The Kier molecular flexibility index (Phi) is 5.62.